The molecule has 2 saturated heterocycles. The summed E-state index contributed by atoms with van der Waals surface area (Å²) in [6, 6.07) is 19.2. The van der Waals surface area contributed by atoms with E-state index in [9.17, 15) is 4.79 Å². The van der Waals surface area contributed by atoms with Crippen molar-refractivity contribution >= 4 is 12.0 Å². The van der Waals surface area contributed by atoms with E-state index < -0.39 is 0 Å². The number of piperidine rings is 1. The Morgan fingerprint density at radius 1 is 0.871 bits per heavy atom. The van der Waals surface area contributed by atoms with E-state index >= 15 is 0 Å². The number of benzene rings is 2. The molecule has 0 N–H and O–H groups in total. The first kappa shape index (κ1) is 21.8. The van der Waals surface area contributed by atoms with Gasteiger partial charge in [-0.1, -0.05) is 72.3 Å². The third-order valence-electron chi connectivity index (χ3n) is 6.62. The SMILES string of the molecule is Cc1ccc(CN2CCC(C(=O)N3CCN(CC=Cc4ccccc4)CC3)CC2)cc1. The van der Waals surface area contributed by atoms with Crippen molar-refractivity contribution in [1.29, 1.82) is 0 Å². The molecule has 0 radical (unpaired) electrons. The molecule has 0 unspecified atom stereocenters. The Bertz CT molecular complexity index is 846. The lowest BCUT2D eigenvalue weighted by Gasteiger charge is -2.38. The van der Waals surface area contributed by atoms with Gasteiger partial charge in [0.1, 0.15) is 0 Å². The molecule has 2 aromatic rings. The number of likely N-dealkylation sites (tertiary alicyclic amines) is 1. The maximum absolute atomic E-state index is 13.0. The normalized spacial score (nSPS) is 19.2. The second kappa shape index (κ2) is 10.7. The first-order chi connectivity index (χ1) is 15.2. The minimum Gasteiger partial charge on any atom is -0.340 e. The van der Waals surface area contributed by atoms with Crippen LogP contribution in [0.15, 0.2) is 60.7 Å². The lowest BCUT2D eigenvalue weighted by atomic mass is 9.94. The van der Waals surface area contributed by atoms with Crippen LogP contribution in [0.1, 0.15) is 29.5 Å². The molecule has 4 heteroatoms. The molecule has 4 nitrogen and oxygen atoms in total. The fourth-order valence-corrected chi connectivity index (χ4v) is 4.60. The fraction of sp³-hybridized carbons (Fsp3) is 0.444. The second-order valence-electron chi connectivity index (χ2n) is 8.97. The van der Waals surface area contributed by atoms with Crippen molar-refractivity contribution in [2.75, 3.05) is 45.8 Å². The smallest absolute Gasteiger partial charge is 0.225 e. The van der Waals surface area contributed by atoms with Crippen LogP contribution in [0.4, 0.5) is 0 Å². The Kier molecular flexibility index (Phi) is 7.55. The molecular weight excluding hydrogens is 382 g/mol. The summed E-state index contributed by atoms with van der Waals surface area (Å²) >= 11 is 0. The van der Waals surface area contributed by atoms with Crippen LogP contribution in [-0.2, 0) is 11.3 Å². The van der Waals surface area contributed by atoms with Crippen LogP contribution >= 0.6 is 0 Å². The van der Waals surface area contributed by atoms with Crippen LogP contribution in [0.3, 0.4) is 0 Å². The molecule has 0 aromatic heterocycles. The Labute approximate surface area is 187 Å². The van der Waals surface area contributed by atoms with Crippen molar-refractivity contribution in [3.63, 3.8) is 0 Å². The third kappa shape index (κ3) is 6.28. The van der Waals surface area contributed by atoms with Crippen molar-refractivity contribution in [2.45, 2.75) is 26.3 Å². The van der Waals surface area contributed by atoms with Gasteiger partial charge in [0.25, 0.3) is 0 Å². The number of amides is 1. The lowest BCUT2D eigenvalue weighted by Crippen LogP contribution is -2.51. The van der Waals surface area contributed by atoms with Crippen LogP contribution in [0.2, 0.25) is 0 Å². The summed E-state index contributed by atoms with van der Waals surface area (Å²) in [4.78, 5) is 20.1. The molecule has 2 heterocycles. The van der Waals surface area contributed by atoms with Crippen LogP contribution in [-0.4, -0.2) is 66.4 Å². The Hall–Kier alpha value is -2.43. The topological polar surface area (TPSA) is 26.8 Å². The number of piperazine rings is 1. The minimum atomic E-state index is 0.207. The van der Waals surface area contributed by atoms with Gasteiger partial charge >= 0.3 is 0 Å². The summed E-state index contributed by atoms with van der Waals surface area (Å²) in [6.45, 7) is 9.79. The molecule has 0 atom stereocenters. The summed E-state index contributed by atoms with van der Waals surface area (Å²) in [6.07, 6.45) is 6.40. The van der Waals surface area contributed by atoms with E-state index in [1.807, 2.05) is 6.07 Å². The van der Waals surface area contributed by atoms with Gasteiger partial charge in [0, 0.05) is 45.2 Å². The number of hydrogen-bond acceptors (Lipinski definition) is 3. The highest BCUT2D eigenvalue weighted by Gasteiger charge is 2.30. The first-order valence-electron chi connectivity index (χ1n) is 11.7. The van der Waals surface area contributed by atoms with Gasteiger partial charge < -0.3 is 4.90 Å². The zero-order chi connectivity index (χ0) is 21.5. The number of rotatable bonds is 6. The van der Waals surface area contributed by atoms with Crippen molar-refractivity contribution in [1.82, 2.24) is 14.7 Å². The van der Waals surface area contributed by atoms with Crippen molar-refractivity contribution in [2.24, 2.45) is 5.92 Å². The monoisotopic (exact) mass is 417 g/mol. The molecule has 0 aliphatic carbocycles. The van der Waals surface area contributed by atoms with E-state index in [0.29, 0.717) is 5.91 Å². The van der Waals surface area contributed by atoms with E-state index in [-0.39, 0.29) is 5.92 Å². The molecule has 1 amide bonds. The molecular formula is C27H35N3O. The number of nitrogens with zero attached hydrogens (tertiary/aromatic N) is 3. The Morgan fingerprint density at radius 3 is 2.23 bits per heavy atom. The Balaban J connectivity index is 1.17. The average Bonchev–Trinajstić information content (AvgIpc) is 2.82. The zero-order valence-electron chi connectivity index (χ0n) is 18.7. The molecule has 0 bridgehead atoms. The zero-order valence-corrected chi connectivity index (χ0v) is 18.7. The fourth-order valence-electron chi connectivity index (χ4n) is 4.60. The number of hydrogen-bond donors (Lipinski definition) is 0. The summed E-state index contributed by atoms with van der Waals surface area (Å²) in [7, 11) is 0. The van der Waals surface area contributed by atoms with E-state index in [0.717, 1.165) is 65.2 Å². The summed E-state index contributed by atoms with van der Waals surface area (Å²) in [5, 5.41) is 0. The molecule has 2 aliphatic heterocycles. The van der Waals surface area contributed by atoms with E-state index in [4.69, 9.17) is 0 Å². The highest BCUT2D eigenvalue weighted by molar-refractivity contribution is 5.79. The predicted molar refractivity (Wildman–Crippen MR) is 128 cm³/mol. The van der Waals surface area contributed by atoms with Crippen LogP contribution in [0.5, 0.6) is 0 Å². The van der Waals surface area contributed by atoms with Gasteiger partial charge in [-0.3, -0.25) is 14.6 Å². The molecule has 164 valence electrons. The molecule has 31 heavy (non-hydrogen) atoms. The van der Waals surface area contributed by atoms with Gasteiger partial charge in [0.05, 0.1) is 0 Å². The highest BCUT2D eigenvalue weighted by Crippen LogP contribution is 2.22. The summed E-state index contributed by atoms with van der Waals surface area (Å²) in [5.41, 5.74) is 3.92. The van der Waals surface area contributed by atoms with Gasteiger partial charge in [0.2, 0.25) is 5.91 Å². The summed E-state index contributed by atoms with van der Waals surface area (Å²) < 4.78 is 0. The quantitative estimate of drug-likeness (QED) is 0.709. The van der Waals surface area contributed by atoms with Crippen molar-refractivity contribution in [3.05, 3.63) is 77.4 Å². The standard InChI is InChI=1S/C27H35N3O/c1-23-9-11-25(12-10-23)22-29-16-13-26(14-17-29)27(31)30-20-18-28(19-21-30)15-5-8-24-6-3-2-4-7-24/h2-12,26H,13-22H2,1H3. The molecule has 2 aliphatic rings. The second-order valence-corrected chi connectivity index (χ2v) is 8.97. The molecule has 4 rings (SSSR count). The van der Waals surface area contributed by atoms with Crippen LogP contribution < -0.4 is 0 Å². The molecule has 2 fully saturated rings. The van der Waals surface area contributed by atoms with Gasteiger partial charge in [-0.15, -0.1) is 0 Å². The molecule has 2 aromatic carbocycles. The van der Waals surface area contributed by atoms with Crippen LogP contribution in [0, 0.1) is 12.8 Å². The number of carbonyl (C=O) groups is 1. The molecule has 0 saturated carbocycles. The maximum Gasteiger partial charge on any atom is 0.225 e. The average molecular weight is 418 g/mol. The van der Waals surface area contributed by atoms with E-state index in [1.54, 1.807) is 0 Å². The van der Waals surface area contributed by atoms with Gasteiger partial charge in [-0.05, 0) is 44.0 Å². The Morgan fingerprint density at radius 2 is 1.55 bits per heavy atom. The van der Waals surface area contributed by atoms with Gasteiger partial charge in [-0.2, -0.15) is 0 Å². The maximum atomic E-state index is 13.0. The number of carbonyl (C=O) groups excluding carboxylic acids is 1. The predicted octanol–water partition coefficient (Wildman–Crippen LogP) is 4.06. The van der Waals surface area contributed by atoms with Gasteiger partial charge in [0.15, 0.2) is 0 Å². The van der Waals surface area contributed by atoms with Crippen molar-refractivity contribution in [3.8, 4) is 0 Å². The highest BCUT2D eigenvalue weighted by atomic mass is 16.2. The minimum absolute atomic E-state index is 0.207. The first-order valence-corrected chi connectivity index (χ1v) is 11.7. The molecule has 0 spiro atoms. The summed E-state index contributed by atoms with van der Waals surface area (Å²) in [5.74, 6) is 0.591. The van der Waals surface area contributed by atoms with E-state index in [2.05, 4.69) is 82.3 Å². The largest absolute Gasteiger partial charge is 0.340 e. The third-order valence-corrected chi connectivity index (χ3v) is 6.62. The van der Waals surface area contributed by atoms with Gasteiger partial charge in [-0.25, -0.2) is 0 Å². The van der Waals surface area contributed by atoms with Crippen molar-refractivity contribution < 1.29 is 4.79 Å². The number of aryl methyl sites for hydroxylation is 1. The van der Waals surface area contributed by atoms with Crippen LogP contribution in [0.25, 0.3) is 6.08 Å². The van der Waals surface area contributed by atoms with E-state index in [1.165, 1.54) is 16.7 Å². The lowest BCUT2D eigenvalue weighted by molar-refractivity contribution is -0.138.